The summed E-state index contributed by atoms with van der Waals surface area (Å²) in [5.41, 5.74) is 1.75. The molecule has 0 spiro atoms. The van der Waals surface area contributed by atoms with Crippen molar-refractivity contribution in [3.05, 3.63) is 70.1 Å². The van der Waals surface area contributed by atoms with Gasteiger partial charge in [-0.1, -0.05) is 6.07 Å². The molecule has 0 aliphatic rings. The summed E-state index contributed by atoms with van der Waals surface area (Å²) in [6.45, 7) is 3.44. The molecule has 0 unspecified atom stereocenters. The highest BCUT2D eigenvalue weighted by Gasteiger charge is 2.16. The third-order valence-corrected chi connectivity index (χ3v) is 3.86. The van der Waals surface area contributed by atoms with Crippen LogP contribution in [-0.4, -0.2) is 12.0 Å². The molecule has 0 saturated heterocycles. The Morgan fingerprint density at radius 3 is 2.81 bits per heavy atom. The van der Waals surface area contributed by atoms with Gasteiger partial charge in [0.1, 0.15) is 11.3 Å². The monoisotopic (exact) mass is 348 g/mol. The Morgan fingerprint density at radius 1 is 1.23 bits per heavy atom. The summed E-state index contributed by atoms with van der Waals surface area (Å²) < 4.78 is 10.8. The van der Waals surface area contributed by atoms with Crippen molar-refractivity contribution in [3.63, 3.8) is 0 Å². The molecular formula is C20H16N2O4. The number of anilines is 1. The number of rotatable bonds is 4. The first-order chi connectivity index (χ1) is 12.5. The number of nitriles is 1. The van der Waals surface area contributed by atoms with Gasteiger partial charge in [0, 0.05) is 23.2 Å². The van der Waals surface area contributed by atoms with E-state index >= 15 is 0 Å². The van der Waals surface area contributed by atoms with Crippen LogP contribution >= 0.6 is 0 Å². The van der Waals surface area contributed by atoms with Crippen LogP contribution in [0.15, 0.2) is 57.7 Å². The highest BCUT2D eigenvalue weighted by atomic mass is 16.5. The van der Waals surface area contributed by atoms with Crippen molar-refractivity contribution in [1.82, 2.24) is 0 Å². The maximum atomic E-state index is 12.3. The van der Waals surface area contributed by atoms with Crippen LogP contribution in [0.2, 0.25) is 0 Å². The Bertz CT molecular complexity index is 1080. The zero-order valence-electron chi connectivity index (χ0n) is 14.3. The van der Waals surface area contributed by atoms with E-state index in [1.54, 1.807) is 49.4 Å². The predicted octanol–water partition coefficient (Wildman–Crippen LogP) is 3.38. The Hall–Kier alpha value is -3.59. The molecule has 3 aromatic rings. The van der Waals surface area contributed by atoms with E-state index < -0.39 is 11.7 Å². The largest absolute Gasteiger partial charge is 0.481 e. The van der Waals surface area contributed by atoms with Gasteiger partial charge in [-0.2, -0.15) is 5.26 Å². The van der Waals surface area contributed by atoms with E-state index in [0.717, 1.165) is 10.9 Å². The van der Waals surface area contributed by atoms with Crippen LogP contribution in [-0.2, 0) is 4.79 Å². The van der Waals surface area contributed by atoms with E-state index in [-0.39, 0.29) is 5.91 Å². The fourth-order valence-electron chi connectivity index (χ4n) is 2.55. The van der Waals surface area contributed by atoms with Crippen molar-refractivity contribution >= 4 is 22.6 Å². The number of nitrogens with one attached hydrogen (secondary N) is 1. The summed E-state index contributed by atoms with van der Waals surface area (Å²) in [7, 11) is 0. The van der Waals surface area contributed by atoms with Gasteiger partial charge in [0.2, 0.25) is 0 Å². The van der Waals surface area contributed by atoms with Crippen molar-refractivity contribution in [2.75, 3.05) is 5.32 Å². The molecule has 130 valence electrons. The maximum Gasteiger partial charge on any atom is 0.336 e. The number of hydrogen-bond donors (Lipinski definition) is 1. The smallest absolute Gasteiger partial charge is 0.336 e. The molecule has 0 fully saturated rings. The lowest BCUT2D eigenvalue weighted by atomic mass is 10.1. The van der Waals surface area contributed by atoms with E-state index in [4.69, 9.17) is 14.4 Å². The van der Waals surface area contributed by atoms with Crippen LogP contribution in [0.3, 0.4) is 0 Å². The van der Waals surface area contributed by atoms with Crippen molar-refractivity contribution < 1.29 is 13.9 Å². The number of carbonyl (C=O) groups excluding carboxylic acids is 1. The lowest BCUT2D eigenvalue weighted by molar-refractivity contribution is -0.122. The molecule has 1 N–H and O–H groups in total. The van der Waals surface area contributed by atoms with Gasteiger partial charge in [0.05, 0.1) is 11.6 Å². The highest BCUT2D eigenvalue weighted by Crippen LogP contribution is 2.23. The lowest BCUT2D eigenvalue weighted by Gasteiger charge is -2.15. The number of benzene rings is 2. The molecule has 1 amide bonds. The summed E-state index contributed by atoms with van der Waals surface area (Å²) in [5, 5.41) is 12.4. The van der Waals surface area contributed by atoms with Gasteiger partial charge in [-0.15, -0.1) is 0 Å². The van der Waals surface area contributed by atoms with E-state index in [1.165, 1.54) is 6.07 Å². The quantitative estimate of drug-likeness (QED) is 0.730. The normalized spacial score (nSPS) is 11.6. The fraction of sp³-hybridized carbons (Fsp3) is 0.150. The van der Waals surface area contributed by atoms with Crippen LogP contribution in [0, 0.1) is 18.3 Å². The molecule has 6 nitrogen and oxygen atoms in total. The molecule has 1 atom stereocenters. The number of aryl methyl sites for hydroxylation is 1. The third kappa shape index (κ3) is 3.73. The second-order valence-electron chi connectivity index (χ2n) is 5.85. The van der Waals surface area contributed by atoms with Crippen LogP contribution in [0.5, 0.6) is 5.75 Å². The van der Waals surface area contributed by atoms with E-state index in [1.807, 2.05) is 13.0 Å². The minimum absolute atomic E-state index is 0.356. The molecule has 1 heterocycles. The number of nitrogens with zero attached hydrogens (tertiary/aromatic N) is 1. The molecule has 6 heteroatoms. The van der Waals surface area contributed by atoms with Crippen molar-refractivity contribution in [2.45, 2.75) is 20.0 Å². The van der Waals surface area contributed by atoms with Gasteiger partial charge in [-0.25, -0.2) is 4.79 Å². The SMILES string of the molecule is Cc1cc(=O)oc2cc(O[C@H](C)C(=O)Nc3cccc(C#N)c3)ccc12. The standard InChI is InChI=1S/C20H16N2O4/c1-12-8-19(23)26-18-10-16(6-7-17(12)18)25-13(2)20(24)22-15-5-3-4-14(9-15)11-21/h3-10,13H,1-2H3,(H,22,24)/t13-/m1/s1. The van der Waals surface area contributed by atoms with Crippen LogP contribution in [0.25, 0.3) is 11.0 Å². The zero-order chi connectivity index (χ0) is 18.7. The highest BCUT2D eigenvalue weighted by molar-refractivity contribution is 5.94. The number of hydrogen-bond acceptors (Lipinski definition) is 5. The van der Waals surface area contributed by atoms with Gasteiger partial charge in [0.15, 0.2) is 6.10 Å². The first kappa shape index (κ1) is 17.2. The maximum absolute atomic E-state index is 12.3. The number of amides is 1. The minimum atomic E-state index is -0.783. The van der Waals surface area contributed by atoms with Gasteiger partial charge in [-0.05, 0) is 49.7 Å². The Kier molecular flexibility index (Phi) is 4.72. The van der Waals surface area contributed by atoms with Gasteiger partial charge < -0.3 is 14.5 Å². The molecule has 0 saturated carbocycles. The molecule has 0 aliphatic carbocycles. The first-order valence-electron chi connectivity index (χ1n) is 7.98. The second kappa shape index (κ2) is 7.11. The third-order valence-electron chi connectivity index (χ3n) is 3.86. The van der Waals surface area contributed by atoms with Gasteiger partial charge in [-0.3, -0.25) is 4.79 Å². The number of carbonyl (C=O) groups is 1. The average molecular weight is 348 g/mol. The second-order valence-corrected chi connectivity index (χ2v) is 5.85. The predicted molar refractivity (Wildman–Crippen MR) is 97.1 cm³/mol. The zero-order valence-corrected chi connectivity index (χ0v) is 14.3. The number of fused-ring (bicyclic) bond motifs is 1. The molecule has 3 rings (SSSR count). The molecule has 0 radical (unpaired) electrons. The van der Waals surface area contributed by atoms with Crippen LogP contribution in [0.4, 0.5) is 5.69 Å². The van der Waals surface area contributed by atoms with Crippen molar-refractivity contribution in [2.24, 2.45) is 0 Å². The van der Waals surface area contributed by atoms with Crippen molar-refractivity contribution in [1.29, 1.82) is 5.26 Å². The summed E-state index contributed by atoms with van der Waals surface area (Å²) in [5.74, 6) is 0.0607. The molecule has 1 aromatic heterocycles. The van der Waals surface area contributed by atoms with E-state index in [9.17, 15) is 9.59 Å². The van der Waals surface area contributed by atoms with Crippen LogP contribution in [0.1, 0.15) is 18.1 Å². The summed E-state index contributed by atoms with van der Waals surface area (Å²) in [4.78, 5) is 23.8. The summed E-state index contributed by atoms with van der Waals surface area (Å²) >= 11 is 0. The number of ether oxygens (including phenoxy) is 1. The molecule has 26 heavy (non-hydrogen) atoms. The lowest BCUT2D eigenvalue weighted by Crippen LogP contribution is -2.30. The molecule has 0 aliphatic heterocycles. The molecule has 2 aromatic carbocycles. The molecule has 0 bridgehead atoms. The topological polar surface area (TPSA) is 92.3 Å². The molecular weight excluding hydrogens is 332 g/mol. The first-order valence-corrected chi connectivity index (χ1v) is 7.98. The summed E-state index contributed by atoms with van der Waals surface area (Å²) in [6.07, 6.45) is -0.783. The Labute approximate surface area is 149 Å². The minimum Gasteiger partial charge on any atom is -0.481 e. The van der Waals surface area contributed by atoms with E-state index in [0.29, 0.717) is 22.6 Å². The Morgan fingerprint density at radius 2 is 2.04 bits per heavy atom. The van der Waals surface area contributed by atoms with Gasteiger partial charge >= 0.3 is 5.63 Å². The summed E-state index contributed by atoms with van der Waals surface area (Å²) in [6, 6.07) is 15.1. The fourth-order valence-corrected chi connectivity index (χ4v) is 2.55. The van der Waals surface area contributed by atoms with Crippen molar-refractivity contribution in [3.8, 4) is 11.8 Å². The Balaban J connectivity index is 1.75. The van der Waals surface area contributed by atoms with Crippen LogP contribution < -0.4 is 15.7 Å². The van der Waals surface area contributed by atoms with Gasteiger partial charge in [0.25, 0.3) is 5.91 Å². The average Bonchev–Trinajstić information content (AvgIpc) is 2.61. The van der Waals surface area contributed by atoms with E-state index in [2.05, 4.69) is 5.32 Å².